The zero-order valence-electron chi connectivity index (χ0n) is 9.43. The van der Waals surface area contributed by atoms with Crippen LogP contribution in [0.1, 0.15) is 36.0 Å². The Balaban J connectivity index is 1.97. The van der Waals surface area contributed by atoms with E-state index < -0.39 is 0 Å². The smallest absolute Gasteiger partial charge is 0.165 e. The maximum atomic E-state index is 12.1. The maximum absolute atomic E-state index is 12.1. The molecule has 0 amide bonds. The van der Waals surface area contributed by atoms with Crippen molar-refractivity contribution in [2.75, 3.05) is 6.61 Å². The van der Waals surface area contributed by atoms with Gasteiger partial charge in [0.2, 0.25) is 0 Å². The molecule has 1 aliphatic rings. The van der Waals surface area contributed by atoms with E-state index in [2.05, 4.69) is 0 Å². The molecule has 0 bridgehead atoms. The molecule has 0 unspecified atom stereocenters. The van der Waals surface area contributed by atoms with Crippen LogP contribution in [0.5, 0.6) is 0 Å². The van der Waals surface area contributed by atoms with Gasteiger partial charge in [-0.3, -0.25) is 4.79 Å². The molecule has 0 heterocycles. The zero-order valence-corrected chi connectivity index (χ0v) is 9.43. The third-order valence-corrected chi connectivity index (χ3v) is 3.53. The van der Waals surface area contributed by atoms with Crippen LogP contribution >= 0.6 is 0 Å². The van der Waals surface area contributed by atoms with Crippen LogP contribution < -0.4 is 0 Å². The van der Waals surface area contributed by atoms with E-state index in [0.717, 1.165) is 31.2 Å². The van der Waals surface area contributed by atoms with Gasteiger partial charge in [-0.2, -0.15) is 0 Å². The first-order valence-electron chi connectivity index (χ1n) is 6.01. The number of benzene rings is 1. The summed E-state index contributed by atoms with van der Waals surface area (Å²) < 4.78 is 0. The standard InChI is InChI=1S/C14H18O2/c15-10-11-6-8-13(9-7-11)14(16)12-4-2-1-3-5-12/h1-5,11,13,15H,6-10H2. The van der Waals surface area contributed by atoms with Crippen molar-refractivity contribution in [3.05, 3.63) is 35.9 Å². The number of rotatable bonds is 3. The van der Waals surface area contributed by atoms with Crippen LogP contribution in [0.2, 0.25) is 0 Å². The summed E-state index contributed by atoms with van der Waals surface area (Å²) in [7, 11) is 0. The summed E-state index contributed by atoms with van der Waals surface area (Å²) in [6.07, 6.45) is 3.83. The van der Waals surface area contributed by atoms with Gasteiger partial charge in [-0.25, -0.2) is 0 Å². The normalized spacial score (nSPS) is 25.3. The molecule has 2 rings (SSSR count). The number of aliphatic hydroxyl groups excluding tert-OH is 1. The Kier molecular flexibility index (Phi) is 3.73. The summed E-state index contributed by atoms with van der Waals surface area (Å²) in [5, 5.41) is 9.05. The number of hydrogen-bond donors (Lipinski definition) is 1. The van der Waals surface area contributed by atoms with Crippen LogP contribution in [0.15, 0.2) is 30.3 Å². The lowest BCUT2D eigenvalue weighted by Crippen LogP contribution is -2.23. The third-order valence-electron chi connectivity index (χ3n) is 3.53. The van der Waals surface area contributed by atoms with Gasteiger partial charge in [0, 0.05) is 18.1 Å². The number of ketones is 1. The molecule has 2 heteroatoms. The molecule has 16 heavy (non-hydrogen) atoms. The van der Waals surface area contributed by atoms with Crippen molar-refractivity contribution in [3.8, 4) is 0 Å². The lowest BCUT2D eigenvalue weighted by molar-refractivity contribution is 0.0846. The first-order valence-corrected chi connectivity index (χ1v) is 6.01. The molecule has 0 radical (unpaired) electrons. The lowest BCUT2D eigenvalue weighted by Gasteiger charge is -2.26. The molecule has 1 fully saturated rings. The second-order valence-corrected chi connectivity index (χ2v) is 4.63. The number of aliphatic hydroxyl groups is 1. The number of hydrogen-bond acceptors (Lipinski definition) is 2. The van der Waals surface area contributed by atoms with Gasteiger partial charge in [-0.1, -0.05) is 30.3 Å². The fraction of sp³-hybridized carbons (Fsp3) is 0.500. The topological polar surface area (TPSA) is 37.3 Å². The van der Waals surface area contributed by atoms with Gasteiger partial charge >= 0.3 is 0 Å². The monoisotopic (exact) mass is 218 g/mol. The molecular formula is C14H18O2. The molecule has 1 aromatic rings. The minimum absolute atomic E-state index is 0.171. The van der Waals surface area contributed by atoms with Crippen molar-refractivity contribution in [2.24, 2.45) is 11.8 Å². The molecule has 0 spiro atoms. The maximum Gasteiger partial charge on any atom is 0.165 e. The van der Waals surface area contributed by atoms with Gasteiger partial charge in [0.05, 0.1) is 0 Å². The number of carbonyl (C=O) groups is 1. The van der Waals surface area contributed by atoms with Gasteiger partial charge in [-0.05, 0) is 31.6 Å². The highest BCUT2D eigenvalue weighted by molar-refractivity contribution is 5.97. The Morgan fingerprint density at radius 1 is 1.12 bits per heavy atom. The van der Waals surface area contributed by atoms with Crippen molar-refractivity contribution in [1.29, 1.82) is 0 Å². The minimum Gasteiger partial charge on any atom is -0.396 e. The Morgan fingerprint density at radius 2 is 1.75 bits per heavy atom. The summed E-state index contributed by atoms with van der Waals surface area (Å²) in [6, 6.07) is 9.53. The largest absolute Gasteiger partial charge is 0.396 e. The molecule has 0 aromatic heterocycles. The van der Waals surface area contributed by atoms with E-state index in [1.807, 2.05) is 30.3 Å². The molecular weight excluding hydrogens is 200 g/mol. The van der Waals surface area contributed by atoms with E-state index in [1.165, 1.54) is 0 Å². The van der Waals surface area contributed by atoms with Crippen molar-refractivity contribution in [2.45, 2.75) is 25.7 Å². The second kappa shape index (κ2) is 5.26. The fourth-order valence-corrected chi connectivity index (χ4v) is 2.45. The van der Waals surface area contributed by atoms with E-state index in [-0.39, 0.29) is 18.3 Å². The Labute approximate surface area is 96.3 Å². The van der Waals surface area contributed by atoms with Crippen LogP contribution in [0.4, 0.5) is 0 Å². The summed E-state index contributed by atoms with van der Waals surface area (Å²) in [5.41, 5.74) is 0.829. The van der Waals surface area contributed by atoms with E-state index in [9.17, 15) is 4.79 Å². The van der Waals surface area contributed by atoms with Gasteiger partial charge in [0.15, 0.2) is 5.78 Å². The molecule has 1 aromatic carbocycles. The van der Waals surface area contributed by atoms with Crippen molar-refractivity contribution in [3.63, 3.8) is 0 Å². The molecule has 0 atom stereocenters. The summed E-state index contributed by atoms with van der Waals surface area (Å²) in [5.74, 6) is 0.863. The summed E-state index contributed by atoms with van der Waals surface area (Å²) in [6.45, 7) is 0.270. The third kappa shape index (κ3) is 2.50. The lowest BCUT2D eigenvalue weighted by atomic mass is 9.79. The van der Waals surface area contributed by atoms with E-state index in [0.29, 0.717) is 5.92 Å². The SMILES string of the molecule is O=C(c1ccccc1)C1CCC(CO)CC1. The van der Waals surface area contributed by atoms with Crippen LogP contribution in [0, 0.1) is 11.8 Å². The predicted octanol–water partition coefficient (Wildman–Crippen LogP) is 2.67. The van der Waals surface area contributed by atoms with Crippen LogP contribution in [0.25, 0.3) is 0 Å². The van der Waals surface area contributed by atoms with E-state index >= 15 is 0 Å². The van der Waals surface area contributed by atoms with E-state index in [1.54, 1.807) is 0 Å². The van der Waals surface area contributed by atoms with E-state index in [4.69, 9.17) is 5.11 Å². The molecule has 0 aliphatic heterocycles. The van der Waals surface area contributed by atoms with Gasteiger partial charge in [-0.15, -0.1) is 0 Å². The van der Waals surface area contributed by atoms with Gasteiger partial charge < -0.3 is 5.11 Å². The highest BCUT2D eigenvalue weighted by Gasteiger charge is 2.26. The quantitative estimate of drug-likeness (QED) is 0.792. The predicted molar refractivity (Wildman–Crippen MR) is 63.3 cm³/mol. The summed E-state index contributed by atoms with van der Waals surface area (Å²) >= 11 is 0. The van der Waals surface area contributed by atoms with Crippen molar-refractivity contribution >= 4 is 5.78 Å². The molecule has 86 valence electrons. The Morgan fingerprint density at radius 3 is 2.31 bits per heavy atom. The Bertz CT molecular complexity index is 337. The Hall–Kier alpha value is -1.15. The first kappa shape index (κ1) is 11.3. The van der Waals surface area contributed by atoms with Crippen LogP contribution in [0.3, 0.4) is 0 Å². The summed E-state index contributed by atoms with van der Waals surface area (Å²) in [4.78, 5) is 12.1. The van der Waals surface area contributed by atoms with Crippen LogP contribution in [-0.4, -0.2) is 17.5 Å². The number of Topliss-reactive ketones (excluding diaryl/α,β-unsaturated/α-hetero) is 1. The molecule has 1 saturated carbocycles. The molecule has 2 nitrogen and oxygen atoms in total. The number of carbonyl (C=O) groups excluding carboxylic acids is 1. The molecule has 1 N–H and O–H groups in total. The van der Waals surface area contributed by atoms with Crippen LogP contribution in [-0.2, 0) is 0 Å². The highest BCUT2D eigenvalue weighted by atomic mass is 16.3. The van der Waals surface area contributed by atoms with Gasteiger partial charge in [0.1, 0.15) is 0 Å². The first-order chi connectivity index (χ1) is 7.81. The average molecular weight is 218 g/mol. The minimum atomic E-state index is 0.171. The molecule has 0 saturated heterocycles. The van der Waals surface area contributed by atoms with Crippen molar-refractivity contribution < 1.29 is 9.90 Å². The van der Waals surface area contributed by atoms with Crippen molar-refractivity contribution in [1.82, 2.24) is 0 Å². The highest BCUT2D eigenvalue weighted by Crippen LogP contribution is 2.30. The molecule has 1 aliphatic carbocycles. The average Bonchev–Trinajstić information content (AvgIpc) is 2.39. The second-order valence-electron chi connectivity index (χ2n) is 4.63. The van der Waals surface area contributed by atoms with Gasteiger partial charge in [0.25, 0.3) is 0 Å². The fourth-order valence-electron chi connectivity index (χ4n) is 2.45. The zero-order chi connectivity index (χ0) is 11.4.